The highest BCUT2D eigenvalue weighted by Crippen LogP contribution is 2.12. The topological polar surface area (TPSA) is 78.9 Å². The number of ether oxygens (including phenoxy) is 3. The Hall–Kier alpha value is -3.67. The molecule has 0 aliphatic heterocycles. The van der Waals surface area contributed by atoms with Gasteiger partial charge in [0.1, 0.15) is 13.2 Å². The minimum absolute atomic E-state index is 0.124. The third-order valence-electron chi connectivity index (χ3n) is 9.93. The maximum absolute atomic E-state index is 12.7. The second kappa shape index (κ2) is 48.0. The molecule has 0 aliphatic carbocycles. The number of esters is 3. The van der Waals surface area contributed by atoms with Gasteiger partial charge < -0.3 is 14.2 Å². The van der Waals surface area contributed by atoms with Crippen molar-refractivity contribution in [3.63, 3.8) is 0 Å². The van der Waals surface area contributed by atoms with Gasteiger partial charge in [0.2, 0.25) is 0 Å². The van der Waals surface area contributed by atoms with Crippen LogP contribution in [0.25, 0.3) is 0 Å². The number of allylic oxidation sites excluding steroid dienone is 16. The van der Waals surface area contributed by atoms with Gasteiger partial charge in [-0.15, -0.1) is 0 Å². The zero-order valence-corrected chi connectivity index (χ0v) is 38.7. The first-order valence-electron chi connectivity index (χ1n) is 24.3. The molecule has 0 rings (SSSR count). The molecule has 0 fully saturated rings. The Bertz CT molecular complexity index is 1230. The minimum atomic E-state index is -0.825. The van der Waals surface area contributed by atoms with Crippen molar-refractivity contribution in [3.8, 4) is 0 Å². The van der Waals surface area contributed by atoms with Gasteiger partial charge in [-0.2, -0.15) is 0 Å². The summed E-state index contributed by atoms with van der Waals surface area (Å²) in [5.41, 5.74) is 0. The molecule has 0 amide bonds. The smallest absolute Gasteiger partial charge is 0.306 e. The molecule has 1 atom stereocenters. The molecule has 0 heterocycles. The fourth-order valence-electron chi connectivity index (χ4n) is 6.27. The molecule has 0 bridgehead atoms. The maximum atomic E-state index is 12.7. The van der Waals surface area contributed by atoms with Crippen molar-refractivity contribution < 1.29 is 28.6 Å². The van der Waals surface area contributed by atoms with E-state index in [9.17, 15) is 14.4 Å². The number of rotatable bonds is 42. The molecular weight excluding hydrogens is 745 g/mol. The van der Waals surface area contributed by atoms with Crippen molar-refractivity contribution in [2.24, 2.45) is 0 Å². The van der Waals surface area contributed by atoms with Crippen molar-refractivity contribution in [2.45, 2.75) is 213 Å². The van der Waals surface area contributed by atoms with Crippen LogP contribution >= 0.6 is 0 Å². The Kier molecular flexibility index (Phi) is 45.1. The molecule has 0 spiro atoms. The molecule has 6 heteroatoms. The lowest BCUT2D eigenvalue weighted by atomic mass is 10.1. The van der Waals surface area contributed by atoms with Crippen LogP contribution in [-0.2, 0) is 28.6 Å². The second-order valence-corrected chi connectivity index (χ2v) is 15.8. The highest BCUT2D eigenvalue weighted by atomic mass is 16.6. The number of hydrogen-bond acceptors (Lipinski definition) is 6. The van der Waals surface area contributed by atoms with Gasteiger partial charge in [0.25, 0.3) is 0 Å². The molecule has 0 aromatic rings. The van der Waals surface area contributed by atoms with Crippen molar-refractivity contribution >= 4 is 17.9 Å². The summed E-state index contributed by atoms with van der Waals surface area (Å²) in [6.07, 6.45) is 62.6. The maximum Gasteiger partial charge on any atom is 0.306 e. The lowest BCUT2D eigenvalue weighted by Gasteiger charge is -2.18. The first kappa shape index (κ1) is 56.3. The monoisotopic (exact) mass is 833 g/mol. The van der Waals surface area contributed by atoms with Crippen molar-refractivity contribution in [1.82, 2.24) is 0 Å². The standard InChI is InChI=1S/C54H88O6/c1-4-7-10-13-16-19-22-25-27-30-32-35-38-41-44-47-53(56)59-50-51(49-58-52(55)46-43-40-37-34-31-28-24-21-18-15-12-9-6-3)60-54(57)48-45-42-39-36-33-29-26-23-20-17-14-11-8-5-2/h7,10,13,16,19,22,25,27-33,37,40,51H,4-6,8-9,11-12,14-15,17-18,20-21,23-24,26,34-36,38-39,41-50H2,1-3H3/b10-7+,16-13+,22-19+,27-25+,31-28+,32-30+,33-29+,40-37+. The van der Waals surface area contributed by atoms with Crippen LogP contribution < -0.4 is 0 Å². The van der Waals surface area contributed by atoms with Crippen LogP contribution in [-0.4, -0.2) is 37.2 Å². The van der Waals surface area contributed by atoms with Crippen LogP contribution in [0.2, 0.25) is 0 Å². The summed E-state index contributed by atoms with van der Waals surface area (Å²) >= 11 is 0. The molecule has 0 radical (unpaired) electrons. The Morgan fingerprint density at radius 3 is 1.27 bits per heavy atom. The van der Waals surface area contributed by atoms with Crippen LogP contribution in [0.4, 0.5) is 0 Å². The molecule has 0 aromatic heterocycles. The Morgan fingerprint density at radius 1 is 0.367 bits per heavy atom. The molecule has 1 unspecified atom stereocenters. The molecular formula is C54H88O6. The van der Waals surface area contributed by atoms with Gasteiger partial charge in [0.05, 0.1) is 0 Å². The lowest BCUT2D eigenvalue weighted by molar-refractivity contribution is -0.166. The molecule has 0 saturated carbocycles. The fraction of sp³-hybridized carbons (Fsp3) is 0.648. The van der Waals surface area contributed by atoms with E-state index in [0.717, 1.165) is 77.0 Å². The molecule has 6 nitrogen and oxygen atoms in total. The van der Waals surface area contributed by atoms with E-state index in [0.29, 0.717) is 12.8 Å². The summed E-state index contributed by atoms with van der Waals surface area (Å²) < 4.78 is 16.6. The average Bonchev–Trinajstić information content (AvgIpc) is 3.24. The van der Waals surface area contributed by atoms with E-state index in [-0.39, 0.29) is 44.0 Å². The van der Waals surface area contributed by atoms with Gasteiger partial charge >= 0.3 is 17.9 Å². The highest BCUT2D eigenvalue weighted by Gasteiger charge is 2.19. The van der Waals surface area contributed by atoms with Gasteiger partial charge in [-0.05, 0) is 83.5 Å². The number of hydrogen-bond donors (Lipinski definition) is 0. The van der Waals surface area contributed by atoms with E-state index in [4.69, 9.17) is 14.2 Å². The Balaban J connectivity index is 4.57. The molecule has 0 N–H and O–H groups in total. The highest BCUT2D eigenvalue weighted by molar-refractivity contribution is 5.71. The summed E-state index contributed by atoms with van der Waals surface area (Å²) in [6.45, 7) is 6.36. The molecule has 60 heavy (non-hydrogen) atoms. The van der Waals surface area contributed by atoms with Crippen LogP contribution in [0.3, 0.4) is 0 Å². The van der Waals surface area contributed by atoms with Crippen LogP contribution in [0, 0.1) is 0 Å². The third kappa shape index (κ3) is 45.4. The van der Waals surface area contributed by atoms with E-state index in [1.165, 1.54) is 83.5 Å². The van der Waals surface area contributed by atoms with E-state index >= 15 is 0 Å². The van der Waals surface area contributed by atoms with Gasteiger partial charge in [-0.25, -0.2) is 0 Å². The van der Waals surface area contributed by atoms with E-state index in [1.54, 1.807) is 0 Å². The predicted octanol–water partition coefficient (Wildman–Crippen LogP) is 15.8. The molecule has 0 aromatic carbocycles. The van der Waals surface area contributed by atoms with E-state index in [1.807, 2.05) is 54.7 Å². The number of carbonyl (C=O) groups excluding carboxylic acids is 3. The third-order valence-corrected chi connectivity index (χ3v) is 9.93. The summed E-state index contributed by atoms with van der Waals surface area (Å²) in [5, 5.41) is 0. The zero-order chi connectivity index (χ0) is 43.7. The predicted molar refractivity (Wildman–Crippen MR) is 256 cm³/mol. The van der Waals surface area contributed by atoms with E-state index < -0.39 is 6.10 Å². The minimum Gasteiger partial charge on any atom is -0.462 e. The summed E-state index contributed by atoms with van der Waals surface area (Å²) in [4.78, 5) is 37.8. The number of carbonyl (C=O) groups is 3. The van der Waals surface area contributed by atoms with Crippen LogP contribution in [0.15, 0.2) is 97.2 Å². The lowest BCUT2D eigenvalue weighted by Crippen LogP contribution is -2.30. The molecule has 0 aliphatic rings. The Morgan fingerprint density at radius 2 is 0.750 bits per heavy atom. The summed E-state index contributed by atoms with van der Waals surface area (Å²) in [7, 11) is 0. The summed E-state index contributed by atoms with van der Waals surface area (Å²) in [6, 6.07) is 0. The number of unbranched alkanes of at least 4 members (excludes halogenated alkanes) is 19. The largest absolute Gasteiger partial charge is 0.462 e. The zero-order valence-electron chi connectivity index (χ0n) is 38.7. The van der Waals surface area contributed by atoms with Gasteiger partial charge in [-0.3, -0.25) is 14.4 Å². The Labute approximate surface area is 368 Å². The SMILES string of the molecule is CC/C=C/C=C/C=C/C=C/C=C/CCCCCC(=O)OCC(COC(=O)CC/C=C/C/C=C/CCCCCCCC)OC(=O)CCCCC/C=C/CCCCCCCCC. The normalized spacial score (nSPS) is 12.9. The molecule has 340 valence electrons. The quantitative estimate of drug-likeness (QED) is 0.0200. The van der Waals surface area contributed by atoms with Crippen LogP contribution in [0.1, 0.15) is 207 Å². The van der Waals surface area contributed by atoms with Gasteiger partial charge in [-0.1, -0.05) is 201 Å². The fourth-order valence-corrected chi connectivity index (χ4v) is 6.27. The van der Waals surface area contributed by atoms with Gasteiger partial charge in [0.15, 0.2) is 6.10 Å². The summed E-state index contributed by atoms with van der Waals surface area (Å²) in [5.74, 6) is -1.05. The van der Waals surface area contributed by atoms with Gasteiger partial charge in [0, 0.05) is 19.3 Å². The van der Waals surface area contributed by atoms with Crippen LogP contribution in [0.5, 0.6) is 0 Å². The first-order valence-corrected chi connectivity index (χ1v) is 24.3. The van der Waals surface area contributed by atoms with E-state index in [2.05, 4.69) is 63.3 Å². The van der Waals surface area contributed by atoms with Crippen molar-refractivity contribution in [1.29, 1.82) is 0 Å². The van der Waals surface area contributed by atoms with Crippen molar-refractivity contribution in [2.75, 3.05) is 13.2 Å². The van der Waals surface area contributed by atoms with Crippen molar-refractivity contribution in [3.05, 3.63) is 97.2 Å². The average molecular weight is 833 g/mol. The molecule has 0 saturated heterocycles. The first-order chi connectivity index (χ1) is 29.5. The second-order valence-electron chi connectivity index (χ2n) is 15.8.